The molecule has 174 valence electrons. The van der Waals surface area contributed by atoms with Crippen LogP contribution in [-0.2, 0) is 22.6 Å². The van der Waals surface area contributed by atoms with E-state index in [1.54, 1.807) is 4.57 Å². The van der Waals surface area contributed by atoms with Gasteiger partial charge in [-0.25, -0.2) is 9.59 Å². The molecule has 0 fully saturated rings. The molecule has 0 radical (unpaired) electrons. The molecule has 0 spiro atoms. The van der Waals surface area contributed by atoms with E-state index in [1.807, 2.05) is 0 Å². The lowest BCUT2D eigenvalue weighted by atomic mass is 9.89. The molecule has 2 atom stereocenters. The van der Waals surface area contributed by atoms with Gasteiger partial charge in [-0.3, -0.25) is 9.59 Å². The first-order chi connectivity index (χ1) is 14.8. The van der Waals surface area contributed by atoms with E-state index in [4.69, 9.17) is 26.7 Å². The van der Waals surface area contributed by atoms with Crippen LogP contribution < -0.4 is 22.5 Å². The zero-order valence-corrected chi connectivity index (χ0v) is 19.6. The number of nitrogens with two attached hydrogens (primary N) is 3. The van der Waals surface area contributed by atoms with E-state index < -0.39 is 43.9 Å². The summed E-state index contributed by atoms with van der Waals surface area (Å²) in [5.74, 6) is -0.959. The Morgan fingerprint density at radius 3 is 2.44 bits per heavy atom. The van der Waals surface area contributed by atoms with Crippen LogP contribution >= 0.6 is 0 Å². The third kappa shape index (κ3) is 4.28. The Bertz CT molecular complexity index is 1040. The van der Waals surface area contributed by atoms with Gasteiger partial charge in [0, 0.05) is 31.4 Å². The van der Waals surface area contributed by atoms with Gasteiger partial charge in [-0.05, 0) is 13.0 Å². The number of alkyl carbamates (subject to hydrolysis) is 1. The molecule has 0 bridgehead atoms. The quantitative estimate of drug-likeness (QED) is 0.453. The molecule has 2 amide bonds. The monoisotopic (exact) mass is 463 g/mol. The number of Topliss-reactive ketones (excluding diaryl/α,β-unsaturated/α-hetero) is 2. The number of carbonyl (C=O) groups is 4. The number of fused-ring (bicyclic) bond motifs is 3. The van der Waals surface area contributed by atoms with Crippen LogP contribution in [-0.4, -0.2) is 49.0 Å². The van der Waals surface area contributed by atoms with Crippen LogP contribution in [0.25, 0.3) is 0 Å². The highest BCUT2D eigenvalue weighted by molar-refractivity contribution is 6.76. The minimum Gasteiger partial charge on any atom is -0.450 e. The topological polar surface area (TPSA) is 182 Å². The zero-order chi connectivity index (χ0) is 24.0. The van der Waals surface area contributed by atoms with E-state index in [0.717, 1.165) is 6.04 Å². The lowest BCUT2D eigenvalue weighted by Gasteiger charge is -2.21. The summed E-state index contributed by atoms with van der Waals surface area (Å²) in [5, 5.41) is 2.74. The smallest absolute Gasteiger partial charge is 0.407 e. The number of nitrogens with zero attached hydrogens (tertiary/aromatic N) is 1. The van der Waals surface area contributed by atoms with Crippen molar-refractivity contribution in [1.29, 1.82) is 0 Å². The maximum absolute atomic E-state index is 13.0. The molecule has 12 heteroatoms. The molecule has 0 unspecified atom stereocenters. The van der Waals surface area contributed by atoms with Crippen LogP contribution in [0.2, 0.25) is 25.7 Å². The lowest BCUT2D eigenvalue weighted by molar-refractivity contribution is 0.0965. The van der Waals surface area contributed by atoms with E-state index in [2.05, 4.69) is 25.0 Å². The van der Waals surface area contributed by atoms with Crippen molar-refractivity contribution in [2.24, 2.45) is 17.2 Å². The van der Waals surface area contributed by atoms with Crippen LogP contribution in [0.1, 0.15) is 45.1 Å². The molecule has 3 rings (SSSR count). The van der Waals surface area contributed by atoms with Crippen LogP contribution in [0.3, 0.4) is 0 Å². The summed E-state index contributed by atoms with van der Waals surface area (Å²) in [4.78, 5) is 49.3. The van der Waals surface area contributed by atoms with Crippen molar-refractivity contribution in [3.05, 3.63) is 33.8 Å². The summed E-state index contributed by atoms with van der Waals surface area (Å²) in [6, 6.07) is -0.546. The van der Waals surface area contributed by atoms with E-state index >= 15 is 0 Å². The fourth-order valence-electron chi connectivity index (χ4n) is 3.91. The van der Waals surface area contributed by atoms with E-state index in [1.165, 1.54) is 6.92 Å². The molecule has 2 aliphatic rings. The number of amides is 2. The van der Waals surface area contributed by atoms with Gasteiger partial charge in [0.2, 0.25) is 11.6 Å². The Morgan fingerprint density at radius 1 is 1.19 bits per heavy atom. The highest BCUT2D eigenvalue weighted by atomic mass is 28.3. The Labute approximate surface area is 186 Å². The average Bonchev–Trinajstić information content (AvgIpc) is 3.16. The van der Waals surface area contributed by atoms with Crippen LogP contribution in [0.4, 0.5) is 9.59 Å². The second kappa shape index (κ2) is 8.43. The maximum Gasteiger partial charge on any atom is 0.407 e. The van der Waals surface area contributed by atoms with Gasteiger partial charge in [0.05, 0.1) is 30.0 Å². The summed E-state index contributed by atoms with van der Waals surface area (Å²) >= 11 is 0. The van der Waals surface area contributed by atoms with Gasteiger partial charge in [-0.2, -0.15) is 0 Å². The Morgan fingerprint density at radius 2 is 1.84 bits per heavy atom. The molecule has 7 N–H and O–H groups in total. The van der Waals surface area contributed by atoms with Gasteiger partial charge in [0.25, 0.3) is 0 Å². The van der Waals surface area contributed by atoms with Gasteiger partial charge in [0.1, 0.15) is 12.3 Å². The zero-order valence-electron chi connectivity index (χ0n) is 18.6. The number of aromatic nitrogens is 1. The normalized spacial score (nSPS) is 20.2. The molecular formula is C20H29N5O6Si. The predicted molar refractivity (Wildman–Crippen MR) is 118 cm³/mol. The van der Waals surface area contributed by atoms with E-state index in [9.17, 15) is 19.2 Å². The summed E-state index contributed by atoms with van der Waals surface area (Å²) in [6.45, 7) is 8.09. The number of carbonyl (C=O) groups excluding carboxylic acids is 4. The van der Waals surface area contributed by atoms with Crippen molar-refractivity contribution in [2.75, 3.05) is 6.61 Å². The second-order valence-electron chi connectivity index (χ2n) is 9.23. The summed E-state index contributed by atoms with van der Waals surface area (Å²) < 4.78 is 11.8. The van der Waals surface area contributed by atoms with Gasteiger partial charge in [0.15, 0.2) is 0 Å². The van der Waals surface area contributed by atoms with E-state index in [0.29, 0.717) is 12.3 Å². The summed E-state index contributed by atoms with van der Waals surface area (Å²) in [7, 11) is -1.36. The van der Waals surface area contributed by atoms with E-state index in [-0.39, 0.29) is 41.2 Å². The molecule has 1 aromatic rings. The standard InChI is InChI=1S/C20H29N5O6Si/c1-9-13(21)18(27)12-10(8-31-19(23)28)15-14(22)11(7-25(15)16(12)17(9)26)24-20(29)30-5-6-32(2,3)4/h11,14H,5-8,21-22H2,1-4H3,(H2,23,28)(H,24,29)/t11-,14-/m0/s1. The lowest BCUT2D eigenvalue weighted by Crippen LogP contribution is -2.42. The van der Waals surface area contributed by atoms with Gasteiger partial charge < -0.3 is 36.6 Å². The van der Waals surface area contributed by atoms with Crippen LogP contribution in [0.5, 0.6) is 0 Å². The molecule has 0 saturated heterocycles. The van der Waals surface area contributed by atoms with Gasteiger partial charge in [-0.15, -0.1) is 0 Å². The Hall–Kier alpha value is -3.12. The summed E-state index contributed by atoms with van der Waals surface area (Å²) in [5.41, 5.74) is 18.1. The Balaban J connectivity index is 1.89. The van der Waals surface area contributed by atoms with Crippen molar-refractivity contribution in [1.82, 2.24) is 9.88 Å². The molecule has 1 aliphatic carbocycles. The van der Waals surface area contributed by atoms with Gasteiger partial charge >= 0.3 is 12.2 Å². The van der Waals surface area contributed by atoms with Crippen molar-refractivity contribution in [3.63, 3.8) is 0 Å². The molecule has 2 heterocycles. The number of nitrogens with one attached hydrogen (secondary N) is 1. The van der Waals surface area contributed by atoms with Gasteiger partial charge in [-0.1, -0.05) is 19.6 Å². The van der Waals surface area contributed by atoms with Crippen LogP contribution in [0.15, 0.2) is 11.3 Å². The maximum atomic E-state index is 13.0. The molecule has 1 aliphatic heterocycles. The van der Waals surface area contributed by atoms with Crippen molar-refractivity contribution < 1.29 is 28.7 Å². The van der Waals surface area contributed by atoms with Crippen molar-refractivity contribution >= 4 is 31.8 Å². The minimum atomic E-state index is -1.36. The first-order valence-corrected chi connectivity index (χ1v) is 14.0. The number of ketones is 2. The molecule has 0 aromatic carbocycles. The third-order valence-electron chi connectivity index (χ3n) is 5.72. The SMILES string of the molecule is CC1=C(N)C(=O)c2c(COC(N)=O)c3n(c2C1=O)C[C@H](NC(=O)OCC[Si](C)(C)C)[C@@H]3N. The third-order valence-corrected chi connectivity index (χ3v) is 7.42. The number of rotatable bonds is 6. The molecule has 11 nitrogen and oxygen atoms in total. The highest BCUT2D eigenvalue weighted by Gasteiger charge is 2.44. The number of ether oxygens (including phenoxy) is 2. The average molecular weight is 464 g/mol. The first-order valence-electron chi connectivity index (χ1n) is 10.3. The minimum absolute atomic E-state index is 0.0564. The Kier molecular flexibility index (Phi) is 6.20. The van der Waals surface area contributed by atoms with Crippen molar-refractivity contribution in [2.45, 2.75) is 57.8 Å². The first kappa shape index (κ1) is 23.5. The number of primary amides is 1. The summed E-state index contributed by atoms with van der Waals surface area (Å²) in [6.07, 6.45) is -1.65. The largest absolute Gasteiger partial charge is 0.450 e. The number of hydrogen-bond donors (Lipinski definition) is 4. The predicted octanol–water partition coefficient (Wildman–Crippen LogP) is 1.14. The second-order valence-corrected chi connectivity index (χ2v) is 14.8. The fourth-order valence-corrected chi connectivity index (χ4v) is 4.63. The van der Waals surface area contributed by atoms with Crippen LogP contribution in [0, 0.1) is 0 Å². The molecule has 0 saturated carbocycles. The molecule has 32 heavy (non-hydrogen) atoms. The highest BCUT2D eigenvalue weighted by Crippen LogP contribution is 2.39. The molecule has 1 aromatic heterocycles. The number of hydrogen-bond acceptors (Lipinski definition) is 8. The number of allylic oxidation sites excluding steroid dienone is 2. The molecular weight excluding hydrogens is 434 g/mol. The van der Waals surface area contributed by atoms with Crippen molar-refractivity contribution in [3.8, 4) is 0 Å². The fraction of sp³-hybridized carbons (Fsp3) is 0.500.